The quantitative estimate of drug-likeness (QED) is 0.732. The number of likely N-dealkylation sites (N-methyl/N-ethyl adjacent to an activating group) is 2. The lowest BCUT2D eigenvalue weighted by Gasteiger charge is -2.29. The Bertz CT molecular complexity index is 582. The lowest BCUT2D eigenvalue weighted by Crippen LogP contribution is -2.50. The molecule has 1 aliphatic rings. The molecule has 0 aromatic heterocycles. The van der Waals surface area contributed by atoms with Crippen LogP contribution >= 0.6 is 28.3 Å². The Morgan fingerprint density at radius 1 is 1.16 bits per heavy atom. The maximum absolute atomic E-state index is 12.4. The molecule has 1 aromatic carbocycles. The van der Waals surface area contributed by atoms with E-state index in [1.54, 1.807) is 16.8 Å². The van der Waals surface area contributed by atoms with E-state index in [1.165, 1.54) is 0 Å². The number of hydrogen-bond donors (Lipinski definition) is 1. The molecule has 2 rings (SSSR count). The van der Waals surface area contributed by atoms with Gasteiger partial charge in [0.1, 0.15) is 0 Å². The van der Waals surface area contributed by atoms with E-state index in [0.717, 1.165) is 36.2 Å². The van der Waals surface area contributed by atoms with E-state index in [2.05, 4.69) is 21.2 Å². The van der Waals surface area contributed by atoms with E-state index in [9.17, 15) is 9.59 Å². The van der Waals surface area contributed by atoms with Gasteiger partial charge < -0.3 is 15.1 Å². The number of nitrogens with one attached hydrogen (secondary N) is 1. The summed E-state index contributed by atoms with van der Waals surface area (Å²) in [6, 6.07) is 7.86. The van der Waals surface area contributed by atoms with E-state index in [0.29, 0.717) is 6.54 Å². The van der Waals surface area contributed by atoms with Crippen molar-refractivity contribution >= 4 is 40.2 Å². The second-order valence-electron chi connectivity index (χ2n) is 6.14. The summed E-state index contributed by atoms with van der Waals surface area (Å²) >= 11 is 3.50. The fourth-order valence-electron chi connectivity index (χ4n) is 2.62. The van der Waals surface area contributed by atoms with Crippen molar-refractivity contribution < 1.29 is 9.59 Å². The molecule has 25 heavy (non-hydrogen) atoms. The molecule has 6 nitrogen and oxygen atoms in total. The highest BCUT2D eigenvalue weighted by atomic mass is 79.9. The monoisotopic (exact) mass is 432 g/mol. The molecular weight excluding hydrogens is 408 g/mol. The van der Waals surface area contributed by atoms with Crippen molar-refractivity contribution in [3.63, 3.8) is 0 Å². The molecule has 8 heteroatoms. The van der Waals surface area contributed by atoms with Gasteiger partial charge in [0.15, 0.2) is 0 Å². The number of amides is 2. The third-order valence-electron chi connectivity index (χ3n) is 4.07. The molecule has 0 aliphatic carbocycles. The third kappa shape index (κ3) is 6.93. The second-order valence-corrected chi connectivity index (χ2v) is 7.00. The molecule has 0 unspecified atom stereocenters. The van der Waals surface area contributed by atoms with E-state index >= 15 is 0 Å². The van der Waals surface area contributed by atoms with Crippen LogP contribution in [-0.4, -0.2) is 79.9 Å². The standard InChI is InChI=1S/C17H25BrN4O2.ClH/c1-20(13-17(24)22-9-7-19-8-10-22)12-16(23)21(2)11-14-5-3-4-6-15(14)18;/h3-6,19H,7-13H2,1-2H3;1H. The Kier molecular flexibility index (Phi) is 9.42. The van der Waals surface area contributed by atoms with E-state index in [1.807, 2.05) is 36.2 Å². The molecule has 1 N–H and O–H groups in total. The van der Waals surface area contributed by atoms with Gasteiger partial charge in [0.25, 0.3) is 0 Å². The largest absolute Gasteiger partial charge is 0.340 e. The fourth-order valence-corrected chi connectivity index (χ4v) is 3.03. The van der Waals surface area contributed by atoms with Crippen LogP contribution < -0.4 is 5.32 Å². The number of carbonyl (C=O) groups is 2. The zero-order valence-electron chi connectivity index (χ0n) is 14.7. The summed E-state index contributed by atoms with van der Waals surface area (Å²) in [6.07, 6.45) is 0. The summed E-state index contributed by atoms with van der Waals surface area (Å²) in [4.78, 5) is 29.9. The second kappa shape index (κ2) is 10.8. The summed E-state index contributed by atoms with van der Waals surface area (Å²) in [6.45, 7) is 4.20. The van der Waals surface area contributed by atoms with E-state index in [-0.39, 0.29) is 37.3 Å². The minimum atomic E-state index is 0. The zero-order chi connectivity index (χ0) is 17.5. The molecule has 1 saturated heterocycles. The van der Waals surface area contributed by atoms with Gasteiger partial charge in [0, 0.05) is 44.2 Å². The van der Waals surface area contributed by atoms with E-state index < -0.39 is 0 Å². The number of piperazine rings is 1. The average molecular weight is 434 g/mol. The molecule has 0 saturated carbocycles. The van der Waals surface area contributed by atoms with Crippen LogP contribution in [0.25, 0.3) is 0 Å². The smallest absolute Gasteiger partial charge is 0.236 e. The SMILES string of the molecule is CN(CC(=O)N(C)Cc1ccccc1Br)CC(=O)N1CCNCC1.Cl. The maximum atomic E-state index is 12.4. The summed E-state index contributed by atoms with van der Waals surface area (Å²) in [5, 5.41) is 3.23. The molecule has 2 amide bonds. The summed E-state index contributed by atoms with van der Waals surface area (Å²) in [5.41, 5.74) is 1.06. The third-order valence-corrected chi connectivity index (χ3v) is 4.84. The number of benzene rings is 1. The number of halogens is 2. The van der Waals surface area contributed by atoms with Gasteiger partial charge in [-0.15, -0.1) is 12.4 Å². The topological polar surface area (TPSA) is 55.9 Å². The maximum Gasteiger partial charge on any atom is 0.236 e. The Morgan fingerprint density at radius 2 is 1.80 bits per heavy atom. The predicted molar refractivity (Wildman–Crippen MR) is 105 cm³/mol. The molecule has 140 valence electrons. The first-order chi connectivity index (χ1) is 11.5. The number of nitrogens with zero attached hydrogens (tertiary/aromatic N) is 3. The number of carbonyl (C=O) groups excluding carboxylic acids is 2. The van der Waals surface area contributed by atoms with Crippen LogP contribution in [0.5, 0.6) is 0 Å². The van der Waals surface area contributed by atoms with Gasteiger partial charge in [0.2, 0.25) is 11.8 Å². The molecule has 1 heterocycles. The van der Waals surface area contributed by atoms with Gasteiger partial charge in [0.05, 0.1) is 13.1 Å². The Balaban J connectivity index is 0.00000312. The highest BCUT2D eigenvalue weighted by molar-refractivity contribution is 9.10. The zero-order valence-corrected chi connectivity index (χ0v) is 17.1. The van der Waals surface area contributed by atoms with Crippen LogP contribution in [0.4, 0.5) is 0 Å². The molecule has 1 aliphatic heterocycles. The van der Waals surface area contributed by atoms with Crippen molar-refractivity contribution in [3.8, 4) is 0 Å². The lowest BCUT2D eigenvalue weighted by atomic mass is 10.2. The molecular formula is C17H26BrClN4O2. The van der Waals surface area contributed by atoms with Crippen molar-refractivity contribution in [2.75, 3.05) is 53.4 Å². The van der Waals surface area contributed by atoms with Crippen LogP contribution in [0.1, 0.15) is 5.56 Å². The minimum absolute atomic E-state index is 0. The first-order valence-corrected chi connectivity index (χ1v) is 8.91. The number of rotatable bonds is 6. The Morgan fingerprint density at radius 3 is 2.44 bits per heavy atom. The van der Waals surface area contributed by atoms with Crippen LogP contribution in [0.2, 0.25) is 0 Å². The van der Waals surface area contributed by atoms with Crippen molar-refractivity contribution in [3.05, 3.63) is 34.3 Å². The first kappa shape index (κ1) is 21.9. The van der Waals surface area contributed by atoms with Crippen molar-refractivity contribution in [1.29, 1.82) is 0 Å². The summed E-state index contributed by atoms with van der Waals surface area (Å²) < 4.78 is 0.992. The van der Waals surface area contributed by atoms with Gasteiger partial charge >= 0.3 is 0 Å². The summed E-state index contributed by atoms with van der Waals surface area (Å²) in [5.74, 6) is 0.0848. The highest BCUT2D eigenvalue weighted by Crippen LogP contribution is 2.17. The Labute approximate surface area is 164 Å². The van der Waals surface area contributed by atoms with Crippen molar-refractivity contribution in [1.82, 2.24) is 20.0 Å². The molecule has 0 atom stereocenters. The average Bonchev–Trinajstić information content (AvgIpc) is 2.57. The molecule has 0 spiro atoms. The normalized spacial score (nSPS) is 14.2. The Hall–Kier alpha value is -1.15. The van der Waals surface area contributed by atoms with Crippen LogP contribution in [0.15, 0.2) is 28.7 Å². The van der Waals surface area contributed by atoms with Crippen molar-refractivity contribution in [2.45, 2.75) is 6.54 Å². The fraction of sp³-hybridized carbons (Fsp3) is 0.529. The van der Waals surface area contributed by atoms with Gasteiger partial charge in [-0.25, -0.2) is 0 Å². The van der Waals surface area contributed by atoms with Gasteiger partial charge in [-0.2, -0.15) is 0 Å². The molecule has 0 bridgehead atoms. The molecule has 1 aromatic rings. The minimum Gasteiger partial charge on any atom is -0.340 e. The lowest BCUT2D eigenvalue weighted by molar-refractivity contribution is -0.135. The summed E-state index contributed by atoms with van der Waals surface area (Å²) in [7, 11) is 3.60. The van der Waals surface area contributed by atoms with Crippen LogP contribution in [0, 0.1) is 0 Å². The molecule has 0 radical (unpaired) electrons. The number of hydrogen-bond acceptors (Lipinski definition) is 4. The van der Waals surface area contributed by atoms with Gasteiger partial charge in [-0.3, -0.25) is 14.5 Å². The van der Waals surface area contributed by atoms with Crippen molar-refractivity contribution in [2.24, 2.45) is 0 Å². The molecule has 1 fully saturated rings. The first-order valence-electron chi connectivity index (χ1n) is 8.12. The predicted octanol–water partition coefficient (Wildman–Crippen LogP) is 1.19. The highest BCUT2D eigenvalue weighted by Gasteiger charge is 2.19. The van der Waals surface area contributed by atoms with Crippen LogP contribution in [0.3, 0.4) is 0 Å². The van der Waals surface area contributed by atoms with E-state index in [4.69, 9.17) is 0 Å². The van der Waals surface area contributed by atoms with Gasteiger partial charge in [-0.05, 0) is 18.7 Å². The van der Waals surface area contributed by atoms with Gasteiger partial charge in [-0.1, -0.05) is 34.1 Å². The van der Waals surface area contributed by atoms with Crippen LogP contribution in [-0.2, 0) is 16.1 Å².